The summed E-state index contributed by atoms with van der Waals surface area (Å²) in [5.74, 6) is 0.0959. The molecule has 43 heavy (non-hydrogen) atoms. The van der Waals surface area contributed by atoms with E-state index in [-0.39, 0.29) is 34.7 Å². The average Bonchev–Trinajstić information content (AvgIpc) is 2.91. The summed E-state index contributed by atoms with van der Waals surface area (Å²) in [6, 6.07) is 12.0. The Morgan fingerprint density at radius 2 is 1.58 bits per heavy atom. The van der Waals surface area contributed by atoms with E-state index in [1.54, 1.807) is 19.2 Å². The smallest absolute Gasteiger partial charge is 0.269 e. The Hall–Kier alpha value is -3.30. The maximum absolute atomic E-state index is 14.1. The predicted molar refractivity (Wildman–Crippen MR) is 168 cm³/mol. The van der Waals surface area contributed by atoms with Crippen molar-refractivity contribution in [3.8, 4) is 5.75 Å². The Kier molecular flexibility index (Phi) is 8.69. The summed E-state index contributed by atoms with van der Waals surface area (Å²) in [6.07, 6.45) is 3.01. The quantitative estimate of drug-likeness (QED) is 0.156. The van der Waals surface area contributed by atoms with Crippen LogP contribution in [0.3, 0.4) is 0 Å². The second-order valence-corrected chi connectivity index (χ2v) is 14.3. The van der Waals surface area contributed by atoms with Crippen molar-refractivity contribution in [1.29, 1.82) is 0 Å². The molecule has 2 aliphatic carbocycles. The maximum Gasteiger partial charge on any atom is 0.269 e. The molecule has 9 heteroatoms. The number of nitro benzene ring substituents is 1. The Morgan fingerprint density at radius 1 is 0.953 bits per heavy atom. The molecule has 0 radical (unpaired) electrons. The number of allylic oxidation sites excluding steroid dienone is 4. The van der Waals surface area contributed by atoms with E-state index in [1.165, 1.54) is 12.1 Å². The average molecular weight is 652 g/mol. The van der Waals surface area contributed by atoms with E-state index in [1.807, 2.05) is 18.2 Å². The Morgan fingerprint density at radius 3 is 2.16 bits per heavy atom. The molecule has 0 fully saturated rings. The number of ketones is 2. The summed E-state index contributed by atoms with van der Waals surface area (Å²) in [5, 5.41) is 11.3. The maximum atomic E-state index is 14.1. The second kappa shape index (κ2) is 12.0. The lowest BCUT2D eigenvalue weighted by Crippen LogP contribution is -2.44. The third-order valence-electron chi connectivity index (χ3n) is 8.55. The predicted octanol–water partition coefficient (Wildman–Crippen LogP) is 7.66. The lowest BCUT2D eigenvalue weighted by Gasteiger charge is -2.49. The van der Waals surface area contributed by atoms with E-state index in [9.17, 15) is 19.7 Å². The first-order valence-corrected chi connectivity index (χ1v) is 15.5. The van der Waals surface area contributed by atoms with Crippen LogP contribution >= 0.6 is 15.9 Å². The molecule has 0 N–H and O–H groups in total. The minimum Gasteiger partial charge on any atom is -0.489 e. The minimum atomic E-state index is -0.562. The molecule has 0 atom stereocenters. The lowest BCUT2D eigenvalue weighted by atomic mass is 9.63. The van der Waals surface area contributed by atoms with Gasteiger partial charge < -0.3 is 14.4 Å². The number of benzene rings is 2. The first kappa shape index (κ1) is 31.1. The molecular weight excluding hydrogens is 612 g/mol. The van der Waals surface area contributed by atoms with E-state index in [2.05, 4.69) is 48.5 Å². The normalized spacial score (nSPS) is 19.8. The highest BCUT2D eigenvalue weighted by molar-refractivity contribution is 9.10. The third-order valence-corrected chi connectivity index (χ3v) is 9.04. The SMILES string of the molecule is COCCCN1C2=C(C(=O)CC(C)(C)C2)C(c2cc(Br)ccc2OCc2cccc([N+](=O)[O-])c2)C2=C1CC(C)(C)CC2=O. The number of nitro groups is 1. The molecule has 2 aromatic rings. The molecule has 228 valence electrons. The molecular formula is C34H39BrN2O6. The number of Topliss-reactive ketones (excluding diaryl/α,β-unsaturated/α-hetero) is 2. The first-order chi connectivity index (χ1) is 20.3. The van der Waals surface area contributed by atoms with Gasteiger partial charge in [0.1, 0.15) is 12.4 Å². The van der Waals surface area contributed by atoms with Crippen LogP contribution in [0.2, 0.25) is 0 Å². The molecule has 3 aliphatic rings. The van der Waals surface area contributed by atoms with Crippen molar-refractivity contribution in [2.45, 2.75) is 72.3 Å². The molecule has 0 unspecified atom stereocenters. The Balaban J connectivity index is 1.67. The van der Waals surface area contributed by atoms with Crippen LogP contribution in [0, 0.1) is 20.9 Å². The van der Waals surface area contributed by atoms with Crippen molar-refractivity contribution in [1.82, 2.24) is 4.90 Å². The molecule has 1 aliphatic heterocycles. The Bertz CT molecular complexity index is 1490. The van der Waals surface area contributed by atoms with E-state index < -0.39 is 10.8 Å². The van der Waals surface area contributed by atoms with Gasteiger partial charge in [-0.2, -0.15) is 0 Å². The molecule has 0 amide bonds. The number of hydrogen-bond acceptors (Lipinski definition) is 7. The van der Waals surface area contributed by atoms with Crippen molar-refractivity contribution in [2.24, 2.45) is 10.8 Å². The topological polar surface area (TPSA) is 99.0 Å². The van der Waals surface area contributed by atoms with Gasteiger partial charge in [0.2, 0.25) is 0 Å². The molecule has 2 aromatic carbocycles. The lowest BCUT2D eigenvalue weighted by molar-refractivity contribution is -0.384. The molecule has 0 spiro atoms. The van der Waals surface area contributed by atoms with Crippen LogP contribution in [-0.2, 0) is 20.9 Å². The zero-order valence-electron chi connectivity index (χ0n) is 25.5. The van der Waals surface area contributed by atoms with E-state index >= 15 is 0 Å². The zero-order chi connectivity index (χ0) is 31.1. The van der Waals surface area contributed by atoms with Crippen LogP contribution in [0.1, 0.15) is 76.8 Å². The summed E-state index contributed by atoms with van der Waals surface area (Å²) >= 11 is 3.62. The largest absolute Gasteiger partial charge is 0.489 e. The van der Waals surface area contributed by atoms with Gasteiger partial charge >= 0.3 is 0 Å². The Labute approximate surface area is 261 Å². The van der Waals surface area contributed by atoms with Crippen LogP contribution < -0.4 is 4.74 Å². The first-order valence-electron chi connectivity index (χ1n) is 14.7. The van der Waals surface area contributed by atoms with Crippen LogP contribution in [0.25, 0.3) is 0 Å². The van der Waals surface area contributed by atoms with Crippen molar-refractivity contribution >= 4 is 33.2 Å². The summed E-state index contributed by atoms with van der Waals surface area (Å²) in [4.78, 5) is 41.4. The second-order valence-electron chi connectivity index (χ2n) is 13.4. The van der Waals surface area contributed by atoms with Gasteiger partial charge in [0.25, 0.3) is 5.69 Å². The zero-order valence-corrected chi connectivity index (χ0v) is 27.1. The molecule has 0 saturated carbocycles. The van der Waals surface area contributed by atoms with Gasteiger partial charge in [-0.3, -0.25) is 19.7 Å². The van der Waals surface area contributed by atoms with Gasteiger partial charge in [0.15, 0.2) is 11.6 Å². The number of carbonyl (C=O) groups is 2. The summed E-state index contributed by atoms with van der Waals surface area (Å²) in [7, 11) is 1.69. The highest BCUT2D eigenvalue weighted by Gasteiger charge is 2.49. The number of rotatable bonds is 9. The molecule has 5 rings (SSSR count). The van der Waals surface area contributed by atoms with Crippen molar-refractivity contribution in [3.63, 3.8) is 0 Å². The van der Waals surface area contributed by atoms with Gasteiger partial charge in [0, 0.05) is 83.7 Å². The van der Waals surface area contributed by atoms with Crippen molar-refractivity contribution < 1.29 is 24.0 Å². The van der Waals surface area contributed by atoms with Gasteiger partial charge in [-0.25, -0.2) is 0 Å². The van der Waals surface area contributed by atoms with Gasteiger partial charge in [-0.05, 0) is 53.9 Å². The summed E-state index contributed by atoms with van der Waals surface area (Å²) in [6.45, 7) is 9.87. The fraction of sp³-hybridized carbons (Fsp3) is 0.471. The highest BCUT2D eigenvalue weighted by Crippen LogP contribution is 2.55. The number of carbonyl (C=O) groups excluding carboxylic acids is 2. The standard InChI is InChI=1S/C34H39BrN2O6/c1-33(2)16-25-31(27(38)18-33)30(32-26(36(25)12-7-13-42-5)17-34(3,4)19-28(32)39)24-15-22(35)10-11-29(24)43-20-21-8-6-9-23(14-21)37(40)41/h6,8-11,14-15,30H,7,12-13,16-20H2,1-5H3. The van der Waals surface area contributed by atoms with Gasteiger partial charge in [-0.1, -0.05) is 55.8 Å². The van der Waals surface area contributed by atoms with Crippen LogP contribution in [0.5, 0.6) is 5.75 Å². The van der Waals surface area contributed by atoms with E-state index in [0.29, 0.717) is 48.5 Å². The number of ether oxygens (including phenoxy) is 2. The molecule has 0 aromatic heterocycles. The molecule has 0 saturated heterocycles. The molecule has 1 heterocycles. The summed E-state index contributed by atoms with van der Waals surface area (Å²) < 4.78 is 12.5. The minimum absolute atomic E-state index is 0.00611. The fourth-order valence-corrected chi connectivity index (χ4v) is 7.17. The molecule has 0 bridgehead atoms. The number of methoxy groups -OCH3 is 1. The van der Waals surface area contributed by atoms with E-state index in [0.717, 1.165) is 40.7 Å². The third kappa shape index (κ3) is 6.48. The van der Waals surface area contributed by atoms with Crippen molar-refractivity contribution in [2.75, 3.05) is 20.3 Å². The number of halogens is 1. The van der Waals surface area contributed by atoms with Crippen molar-refractivity contribution in [3.05, 3.63) is 90.7 Å². The van der Waals surface area contributed by atoms with Crippen LogP contribution in [-0.4, -0.2) is 41.7 Å². The summed E-state index contributed by atoms with van der Waals surface area (Å²) in [5.41, 5.74) is 4.32. The number of nitrogens with zero attached hydrogens (tertiary/aromatic N) is 2. The monoisotopic (exact) mass is 650 g/mol. The highest BCUT2D eigenvalue weighted by atomic mass is 79.9. The van der Waals surface area contributed by atoms with Crippen LogP contribution in [0.15, 0.2) is 69.5 Å². The van der Waals surface area contributed by atoms with Gasteiger partial charge in [-0.15, -0.1) is 0 Å². The molecule has 8 nitrogen and oxygen atoms in total. The van der Waals surface area contributed by atoms with Gasteiger partial charge in [0.05, 0.1) is 4.92 Å². The van der Waals surface area contributed by atoms with E-state index in [4.69, 9.17) is 9.47 Å². The number of non-ortho nitro benzene ring substituents is 1. The number of hydrogen-bond donors (Lipinski definition) is 0. The van der Waals surface area contributed by atoms with Crippen LogP contribution in [0.4, 0.5) is 5.69 Å². The fourth-order valence-electron chi connectivity index (χ4n) is 6.79.